The van der Waals surface area contributed by atoms with Crippen LogP contribution >= 0.6 is 0 Å². The molecular formula is C13H14N4O4. The van der Waals surface area contributed by atoms with Crippen molar-refractivity contribution in [2.75, 3.05) is 17.2 Å². The number of nitrogens with one attached hydrogen (secondary N) is 3. The number of carbonyl (C=O) groups is 3. The molecule has 0 unspecified atom stereocenters. The number of nitrogens with zero attached hydrogens (tertiary/aromatic N) is 1. The second-order valence-electron chi connectivity index (χ2n) is 3.99. The molecule has 21 heavy (non-hydrogen) atoms. The molecule has 1 aromatic carbocycles. The molecule has 0 heterocycles. The predicted octanol–water partition coefficient (Wildman–Crippen LogP) is 1.13. The van der Waals surface area contributed by atoms with E-state index in [0.29, 0.717) is 11.4 Å². The molecule has 1 rings (SSSR count). The van der Waals surface area contributed by atoms with Gasteiger partial charge in [-0.25, -0.2) is 4.79 Å². The van der Waals surface area contributed by atoms with Crippen molar-refractivity contribution in [3.05, 3.63) is 24.3 Å². The van der Waals surface area contributed by atoms with Crippen molar-refractivity contribution >= 4 is 29.3 Å². The van der Waals surface area contributed by atoms with E-state index in [1.54, 1.807) is 30.3 Å². The van der Waals surface area contributed by atoms with E-state index in [9.17, 15) is 14.4 Å². The Morgan fingerprint density at radius 1 is 1.10 bits per heavy atom. The lowest BCUT2D eigenvalue weighted by molar-refractivity contribution is -0.136. The normalized spacial score (nSPS) is 9.29. The SMILES string of the molecule is N#CCC(=O)Nc1ccc(NC(=O)NCCC(=O)O)cc1. The van der Waals surface area contributed by atoms with Crippen LogP contribution in [-0.4, -0.2) is 29.6 Å². The van der Waals surface area contributed by atoms with Crippen molar-refractivity contribution in [3.63, 3.8) is 0 Å². The van der Waals surface area contributed by atoms with Gasteiger partial charge < -0.3 is 21.1 Å². The van der Waals surface area contributed by atoms with Crippen molar-refractivity contribution in [3.8, 4) is 6.07 Å². The van der Waals surface area contributed by atoms with E-state index in [0.717, 1.165) is 0 Å². The predicted molar refractivity (Wildman–Crippen MR) is 74.6 cm³/mol. The lowest BCUT2D eigenvalue weighted by Crippen LogP contribution is -2.30. The highest BCUT2D eigenvalue weighted by Gasteiger charge is 2.04. The van der Waals surface area contributed by atoms with Crippen LogP contribution in [0, 0.1) is 11.3 Å². The highest BCUT2D eigenvalue weighted by atomic mass is 16.4. The van der Waals surface area contributed by atoms with Gasteiger partial charge in [0.1, 0.15) is 6.42 Å². The van der Waals surface area contributed by atoms with E-state index < -0.39 is 17.9 Å². The highest BCUT2D eigenvalue weighted by Crippen LogP contribution is 2.13. The maximum absolute atomic E-state index is 11.4. The maximum Gasteiger partial charge on any atom is 0.319 e. The van der Waals surface area contributed by atoms with Crippen LogP contribution in [0.3, 0.4) is 0 Å². The fraction of sp³-hybridized carbons (Fsp3) is 0.231. The van der Waals surface area contributed by atoms with Gasteiger partial charge in [-0.1, -0.05) is 0 Å². The Bertz CT molecular complexity index is 563. The van der Waals surface area contributed by atoms with Crippen LogP contribution in [0.15, 0.2) is 24.3 Å². The number of carboxylic acid groups (broad SMARTS) is 1. The van der Waals surface area contributed by atoms with Crippen molar-refractivity contribution in [1.29, 1.82) is 5.26 Å². The molecule has 0 fully saturated rings. The molecule has 0 aromatic heterocycles. The summed E-state index contributed by atoms with van der Waals surface area (Å²) in [5.74, 6) is -1.41. The van der Waals surface area contributed by atoms with E-state index >= 15 is 0 Å². The number of nitriles is 1. The fourth-order valence-corrected chi connectivity index (χ4v) is 1.37. The van der Waals surface area contributed by atoms with Crippen LogP contribution in [0.4, 0.5) is 16.2 Å². The largest absolute Gasteiger partial charge is 0.481 e. The number of hydrogen-bond acceptors (Lipinski definition) is 4. The summed E-state index contributed by atoms with van der Waals surface area (Å²) in [4.78, 5) is 32.9. The van der Waals surface area contributed by atoms with E-state index in [2.05, 4.69) is 16.0 Å². The Kier molecular flexibility index (Phi) is 6.21. The average molecular weight is 290 g/mol. The van der Waals surface area contributed by atoms with Gasteiger partial charge in [0.05, 0.1) is 12.5 Å². The molecule has 0 saturated carbocycles. The fourth-order valence-electron chi connectivity index (χ4n) is 1.37. The number of carboxylic acids is 1. The van der Waals surface area contributed by atoms with Crippen LogP contribution in [0.25, 0.3) is 0 Å². The van der Waals surface area contributed by atoms with Crippen molar-refractivity contribution in [2.24, 2.45) is 0 Å². The van der Waals surface area contributed by atoms with Gasteiger partial charge in [0.15, 0.2) is 0 Å². The summed E-state index contributed by atoms with van der Waals surface area (Å²) in [6, 6.07) is 7.50. The number of hydrogen-bond donors (Lipinski definition) is 4. The third-order valence-electron chi connectivity index (χ3n) is 2.29. The van der Waals surface area contributed by atoms with Crippen molar-refractivity contribution < 1.29 is 19.5 Å². The van der Waals surface area contributed by atoms with Gasteiger partial charge in [-0.05, 0) is 24.3 Å². The molecule has 0 atom stereocenters. The van der Waals surface area contributed by atoms with Gasteiger partial charge in [0.25, 0.3) is 0 Å². The van der Waals surface area contributed by atoms with Gasteiger partial charge in [-0.15, -0.1) is 0 Å². The summed E-state index contributed by atoms with van der Waals surface area (Å²) < 4.78 is 0. The molecule has 110 valence electrons. The van der Waals surface area contributed by atoms with Crippen LogP contribution in [0.1, 0.15) is 12.8 Å². The van der Waals surface area contributed by atoms with Gasteiger partial charge in [0, 0.05) is 17.9 Å². The first-order chi connectivity index (χ1) is 10.0. The molecule has 1 aromatic rings. The molecule has 8 nitrogen and oxygen atoms in total. The van der Waals surface area contributed by atoms with Gasteiger partial charge >= 0.3 is 12.0 Å². The third kappa shape index (κ3) is 6.58. The number of aliphatic carboxylic acids is 1. The minimum absolute atomic E-state index is 0.0312. The molecule has 3 amide bonds. The summed E-state index contributed by atoms with van der Waals surface area (Å²) >= 11 is 0. The van der Waals surface area contributed by atoms with Crippen LogP contribution in [-0.2, 0) is 9.59 Å². The number of anilines is 2. The van der Waals surface area contributed by atoms with Gasteiger partial charge in [-0.2, -0.15) is 5.26 Å². The summed E-state index contributed by atoms with van der Waals surface area (Å²) in [5, 5.41) is 24.2. The van der Waals surface area contributed by atoms with Gasteiger partial charge in [0.2, 0.25) is 5.91 Å². The average Bonchev–Trinajstić information content (AvgIpc) is 2.41. The van der Waals surface area contributed by atoms with Crippen LogP contribution in [0.5, 0.6) is 0 Å². The second kappa shape index (κ2) is 8.16. The molecule has 0 aliphatic carbocycles. The number of benzene rings is 1. The Hall–Kier alpha value is -3.08. The quantitative estimate of drug-likeness (QED) is 0.623. The molecule has 0 radical (unpaired) electrons. The second-order valence-corrected chi connectivity index (χ2v) is 3.99. The topological polar surface area (TPSA) is 131 Å². The van der Waals surface area contributed by atoms with E-state index in [-0.39, 0.29) is 19.4 Å². The Morgan fingerprint density at radius 2 is 1.67 bits per heavy atom. The zero-order valence-electron chi connectivity index (χ0n) is 11.0. The Morgan fingerprint density at radius 3 is 2.19 bits per heavy atom. The monoisotopic (exact) mass is 290 g/mol. The maximum atomic E-state index is 11.4. The number of amides is 3. The highest BCUT2D eigenvalue weighted by molar-refractivity contribution is 5.93. The minimum atomic E-state index is -0.993. The number of carbonyl (C=O) groups excluding carboxylic acids is 2. The zero-order chi connectivity index (χ0) is 15.7. The first kappa shape index (κ1) is 16.0. The first-order valence-corrected chi connectivity index (χ1v) is 6.05. The van der Waals surface area contributed by atoms with E-state index in [4.69, 9.17) is 10.4 Å². The number of urea groups is 1. The minimum Gasteiger partial charge on any atom is -0.481 e. The molecule has 0 aliphatic heterocycles. The molecule has 4 N–H and O–H groups in total. The smallest absolute Gasteiger partial charge is 0.319 e. The van der Waals surface area contributed by atoms with Gasteiger partial charge in [-0.3, -0.25) is 9.59 Å². The summed E-state index contributed by atoms with van der Waals surface area (Å²) in [7, 11) is 0. The molecule has 8 heteroatoms. The summed E-state index contributed by atoms with van der Waals surface area (Å²) in [6.07, 6.45) is -0.386. The standard InChI is InChI=1S/C13H14N4O4/c14-7-5-11(18)16-9-1-3-10(4-2-9)17-13(21)15-8-6-12(19)20/h1-4H,5-6,8H2,(H,16,18)(H,19,20)(H2,15,17,21). The summed E-state index contributed by atoms with van der Waals surface area (Å²) in [6.45, 7) is 0.0312. The molecule has 0 aliphatic rings. The lowest BCUT2D eigenvalue weighted by atomic mass is 10.2. The molecule has 0 saturated heterocycles. The van der Waals surface area contributed by atoms with Crippen LogP contribution < -0.4 is 16.0 Å². The lowest BCUT2D eigenvalue weighted by Gasteiger charge is -2.08. The van der Waals surface area contributed by atoms with Crippen molar-refractivity contribution in [2.45, 2.75) is 12.8 Å². The number of rotatable bonds is 6. The van der Waals surface area contributed by atoms with Crippen molar-refractivity contribution in [1.82, 2.24) is 5.32 Å². The van der Waals surface area contributed by atoms with Crippen LogP contribution in [0.2, 0.25) is 0 Å². The van der Waals surface area contributed by atoms with E-state index in [1.807, 2.05) is 0 Å². The summed E-state index contributed by atoms with van der Waals surface area (Å²) in [5.41, 5.74) is 0.994. The molecular weight excluding hydrogens is 276 g/mol. The van der Waals surface area contributed by atoms with E-state index in [1.165, 1.54) is 0 Å². The Labute approximate surface area is 120 Å². The Balaban J connectivity index is 2.43. The third-order valence-corrected chi connectivity index (χ3v) is 2.29. The first-order valence-electron chi connectivity index (χ1n) is 6.05. The molecule has 0 spiro atoms. The zero-order valence-corrected chi connectivity index (χ0v) is 11.0. The molecule has 0 bridgehead atoms.